The molecule has 0 saturated carbocycles. The molecule has 5 rings (SSSR count). The number of likely N-dealkylation sites (tertiary alicyclic amines) is 1. The van der Waals surface area contributed by atoms with E-state index in [9.17, 15) is 4.79 Å². The quantitative estimate of drug-likeness (QED) is 0.862. The molecule has 1 saturated heterocycles. The molecule has 0 radical (unpaired) electrons. The fraction of sp³-hybridized carbons (Fsp3) is 0.529. The fourth-order valence-corrected chi connectivity index (χ4v) is 5.22. The number of amides is 1. The van der Waals surface area contributed by atoms with Crippen molar-refractivity contribution in [2.75, 3.05) is 26.3 Å². The first-order chi connectivity index (χ1) is 11.8. The highest BCUT2D eigenvalue weighted by atomic mass is 32.1. The molecule has 1 unspecified atom stereocenters. The summed E-state index contributed by atoms with van der Waals surface area (Å²) in [6, 6.07) is 0. The molecule has 2 aromatic heterocycles. The number of nitrogens with one attached hydrogen (secondary N) is 1. The van der Waals surface area contributed by atoms with Gasteiger partial charge in [-0.05, 0) is 31.2 Å². The van der Waals surface area contributed by atoms with E-state index in [-0.39, 0.29) is 11.3 Å². The molecule has 1 amide bonds. The van der Waals surface area contributed by atoms with Gasteiger partial charge in [-0.25, -0.2) is 0 Å². The van der Waals surface area contributed by atoms with Crippen molar-refractivity contribution in [2.45, 2.75) is 31.1 Å². The Balaban J connectivity index is 1.43. The van der Waals surface area contributed by atoms with Gasteiger partial charge in [0.05, 0.1) is 6.20 Å². The summed E-state index contributed by atoms with van der Waals surface area (Å²) in [5.41, 5.74) is 2.61. The fourth-order valence-electron chi connectivity index (χ4n) is 4.33. The number of carbonyl (C=O) groups excluding carboxylic acids is 1. The van der Waals surface area contributed by atoms with E-state index in [0.29, 0.717) is 29.6 Å². The van der Waals surface area contributed by atoms with Gasteiger partial charge in [0.1, 0.15) is 18.1 Å². The van der Waals surface area contributed by atoms with Crippen LogP contribution in [0.4, 0.5) is 0 Å². The van der Waals surface area contributed by atoms with Crippen molar-refractivity contribution < 1.29 is 14.3 Å². The third kappa shape index (κ3) is 2.00. The summed E-state index contributed by atoms with van der Waals surface area (Å²) in [5.74, 6) is 1.40. The number of fused-ring (bicyclic) bond motifs is 3. The molecule has 1 N–H and O–H groups in total. The molecule has 24 heavy (non-hydrogen) atoms. The number of ether oxygens (including phenoxy) is 2. The normalized spacial score (nSPS) is 25.1. The zero-order valence-electron chi connectivity index (χ0n) is 13.3. The van der Waals surface area contributed by atoms with Crippen LogP contribution in [0.2, 0.25) is 0 Å². The molecule has 3 aliphatic rings. The Bertz CT molecular complexity index is 799. The molecule has 1 aliphatic carbocycles. The molecule has 7 heteroatoms. The van der Waals surface area contributed by atoms with Gasteiger partial charge in [0.2, 0.25) is 0 Å². The number of nitrogens with zero attached hydrogens (tertiary/aromatic N) is 2. The van der Waals surface area contributed by atoms with E-state index in [1.807, 2.05) is 16.5 Å². The van der Waals surface area contributed by atoms with Crippen LogP contribution in [0.25, 0.3) is 0 Å². The van der Waals surface area contributed by atoms with Gasteiger partial charge < -0.3 is 14.4 Å². The SMILES string of the molecule is O=C(c1scc2c1OCCO2)N1CCCC2(CCc3cn[nH]c32)C1. The molecule has 0 aromatic carbocycles. The van der Waals surface area contributed by atoms with Gasteiger partial charge in [0.15, 0.2) is 11.5 Å². The van der Waals surface area contributed by atoms with Crippen LogP contribution in [0.1, 0.15) is 40.2 Å². The summed E-state index contributed by atoms with van der Waals surface area (Å²) >= 11 is 1.42. The van der Waals surface area contributed by atoms with Crippen molar-refractivity contribution in [3.05, 3.63) is 27.7 Å². The molecule has 2 aromatic rings. The van der Waals surface area contributed by atoms with Gasteiger partial charge in [-0.15, -0.1) is 11.3 Å². The van der Waals surface area contributed by atoms with Crippen molar-refractivity contribution in [1.29, 1.82) is 0 Å². The van der Waals surface area contributed by atoms with E-state index in [2.05, 4.69) is 10.2 Å². The number of hydrogen-bond acceptors (Lipinski definition) is 5. The molecular weight excluding hydrogens is 326 g/mol. The van der Waals surface area contributed by atoms with Gasteiger partial charge in [0, 0.05) is 29.6 Å². The van der Waals surface area contributed by atoms with Crippen LogP contribution >= 0.6 is 11.3 Å². The lowest BCUT2D eigenvalue weighted by Gasteiger charge is -2.40. The topological polar surface area (TPSA) is 67.5 Å². The predicted octanol–water partition coefficient (Wildman–Crippen LogP) is 2.36. The number of thiophene rings is 1. The highest BCUT2D eigenvalue weighted by Gasteiger charge is 2.45. The number of aryl methyl sites for hydroxylation is 1. The lowest BCUT2D eigenvalue weighted by molar-refractivity contribution is 0.0630. The molecule has 2 aliphatic heterocycles. The van der Waals surface area contributed by atoms with Crippen LogP contribution in [0.3, 0.4) is 0 Å². The standard InChI is InChI=1S/C17H19N3O3S/c21-16(14-13-12(9-24-14)22-6-7-23-13)20-5-1-3-17(10-20)4-2-11-8-18-19-15(11)17/h8-9H,1-7,10H2,(H,18,19). The number of hydrogen-bond donors (Lipinski definition) is 1. The largest absolute Gasteiger partial charge is 0.485 e. The van der Waals surface area contributed by atoms with Gasteiger partial charge in [-0.1, -0.05) is 0 Å². The van der Waals surface area contributed by atoms with Gasteiger partial charge >= 0.3 is 0 Å². The average Bonchev–Trinajstić information content (AvgIpc) is 3.32. The van der Waals surface area contributed by atoms with Crippen LogP contribution in [-0.4, -0.2) is 47.3 Å². The number of H-pyrrole nitrogens is 1. The third-order valence-electron chi connectivity index (χ3n) is 5.48. The first-order valence-corrected chi connectivity index (χ1v) is 9.34. The molecule has 1 spiro atoms. The summed E-state index contributed by atoms with van der Waals surface area (Å²) < 4.78 is 11.3. The number of piperidine rings is 1. The molecule has 0 bridgehead atoms. The molecule has 1 fully saturated rings. The summed E-state index contributed by atoms with van der Waals surface area (Å²) in [7, 11) is 0. The Hall–Kier alpha value is -2.02. The van der Waals surface area contributed by atoms with E-state index in [0.717, 1.165) is 38.8 Å². The minimum absolute atomic E-state index is 0.0500. The second-order valence-electron chi connectivity index (χ2n) is 6.84. The average molecular weight is 345 g/mol. The summed E-state index contributed by atoms with van der Waals surface area (Å²) in [6.07, 6.45) is 6.23. The number of aromatic amines is 1. The zero-order valence-corrected chi connectivity index (χ0v) is 14.2. The van der Waals surface area contributed by atoms with Gasteiger partial charge in [-0.2, -0.15) is 5.10 Å². The Morgan fingerprint density at radius 3 is 3.21 bits per heavy atom. The summed E-state index contributed by atoms with van der Waals surface area (Å²) in [4.78, 5) is 15.8. The van der Waals surface area contributed by atoms with Crippen molar-refractivity contribution >= 4 is 17.2 Å². The molecule has 126 valence electrons. The van der Waals surface area contributed by atoms with E-state index in [1.54, 1.807) is 0 Å². The van der Waals surface area contributed by atoms with Gasteiger partial charge in [0.25, 0.3) is 5.91 Å². The molecule has 4 heterocycles. The summed E-state index contributed by atoms with van der Waals surface area (Å²) in [5, 5.41) is 9.28. The molecular formula is C17H19N3O3S. The van der Waals surface area contributed by atoms with Gasteiger partial charge in [-0.3, -0.25) is 9.89 Å². The van der Waals surface area contributed by atoms with E-state index < -0.39 is 0 Å². The third-order valence-corrected chi connectivity index (χ3v) is 6.41. The van der Waals surface area contributed by atoms with Crippen molar-refractivity contribution in [1.82, 2.24) is 15.1 Å². The first kappa shape index (κ1) is 14.3. The predicted molar refractivity (Wildman–Crippen MR) is 89.0 cm³/mol. The second-order valence-corrected chi connectivity index (χ2v) is 7.72. The van der Waals surface area contributed by atoms with Crippen LogP contribution in [-0.2, 0) is 11.8 Å². The van der Waals surface area contributed by atoms with E-state index in [1.165, 1.54) is 22.6 Å². The molecule has 1 atom stereocenters. The summed E-state index contributed by atoms with van der Waals surface area (Å²) in [6.45, 7) is 2.62. The van der Waals surface area contributed by atoms with Crippen molar-refractivity contribution in [2.24, 2.45) is 0 Å². The van der Waals surface area contributed by atoms with Crippen LogP contribution in [0, 0.1) is 0 Å². The Morgan fingerprint density at radius 2 is 2.25 bits per heavy atom. The van der Waals surface area contributed by atoms with Crippen LogP contribution in [0.15, 0.2) is 11.6 Å². The highest BCUT2D eigenvalue weighted by Crippen LogP contribution is 2.45. The van der Waals surface area contributed by atoms with Crippen LogP contribution in [0.5, 0.6) is 11.5 Å². The lowest BCUT2D eigenvalue weighted by atomic mass is 9.77. The van der Waals surface area contributed by atoms with E-state index >= 15 is 0 Å². The maximum atomic E-state index is 13.1. The smallest absolute Gasteiger partial charge is 0.267 e. The minimum Gasteiger partial charge on any atom is -0.485 e. The Kier molecular flexibility index (Phi) is 3.13. The van der Waals surface area contributed by atoms with E-state index in [4.69, 9.17) is 9.47 Å². The van der Waals surface area contributed by atoms with Crippen molar-refractivity contribution in [3.8, 4) is 11.5 Å². The second kappa shape index (κ2) is 5.24. The maximum Gasteiger partial charge on any atom is 0.267 e. The van der Waals surface area contributed by atoms with Crippen LogP contribution < -0.4 is 9.47 Å². The lowest BCUT2D eigenvalue weighted by Crippen LogP contribution is -2.47. The Labute approximate surface area is 143 Å². The number of aromatic nitrogens is 2. The number of rotatable bonds is 1. The zero-order chi connectivity index (χ0) is 16.1. The first-order valence-electron chi connectivity index (χ1n) is 8.46. The highest BCUT2D eigenvalue weighted by molar-refractivity contribution is 7.12. The monoisotopic (exact) mass is 345 g/mol. The Morgan fingerprint density at radius 1 is 1.33 bits per heavy atom. The van der Waals surface area contributed by atoms with Crippen molar-refractivity contribution in [3.63, 3.8) is 0 Å². The minimum atomic E-state index is 0.0500. The number of carbonyl (C=O) groups is 1. The molecule has 6 nitrogen and oxygen atoms in total. The maximum absolute atomic E-state index is 13.1.